The molecule has 0 fully saturated rings. The molecule has 0 aromatic rings. The molecule has 0 amide bonds. The summed E-state index contributed by atoms with van der Waals surface area (Å²) in [5, 5.41) is 0. The molecular weight excluding hydrogens is 152 g/mol. The summed E-state index contributed by atoms with van der Waals surface area (Å²) in [5.74, 6) is 0.0911. The molecule has 0 aromatic heterocycles. The number of esters is 1. The van der Waals surface area contributed by atoms with Gasteiger partial charge < -0.3 is 4.74 Å². The monoisotopic (exact) mass is 164 g/mol. The molecule has 0 bridgehead atoms. The van der Waals surface area contributed by atoms with Crippen LogP contribution < -0.4 is 0 Å². The highest BCUT2D eigenvalue weighted by Crippen LogP contribution is 2.10. The van der Waals surface area contributed by atoms with Crippen molar-refractivity contribution in [1.29, 1.82) is 0 Å². The first-order valence-electron chi connectivity index (χ1n) is 3.89. The Labute approximate surface area is 72.2 Å². The number of carbonyl (C=O) groups excluding carboxylic acids is 1. The average Bonchev–Trinajstić information content (AvgIpc) is 2.29. The van der Waals surface area contributed by atoms with E-state index in [4.69, 9.17) is 0 Å². The molecule has 1 aliphatic rings. The number of hydrogen-bond donors (Lipinski definition) is 0. The molecule has 0 radical (unpaired) electrons. The van der Waals surface area contributed by atoms with E-state index in [-0.39, 0.29) is 5.97 Å². The Bertz CT molecular complexity index is 259. The molecule has 1 atom stereocenters. The number of ether oxygens (including phenoxy) is 1. The predicted octanol–water partition coefficient (Wildman–Crippen LogP) is 1.85. The van der Waals surface area contributed by atoms with Crippen molar-refractivity contribution in [1.82, 2.24) is 0 Å². The maximum absolute atomic E-state index is 11.1. The molecule has 12 heavy (non-hydrogen) atoms. The maximum atomic E-state index is 11.1. The number of hydrogen-bond acceptors (Lipinski definition) is 2. The molecule has 0 saturated carbocycles. The van der Waals surface area contributed by atoms with Crippen molar-refractivity contribution in [3.63, 3.8) is 0 Å². The zero-order valence-corrected chi connectivity index (χ0v) is 7.28. The Morgan fingerprint density at radius 3 is 2.92 bits per heavy atom. The first-order valence-corrected chi connectivity index (χ1v) is 3.89. The summed E-state index contributed by atoms with van der Waals surface area (Å²) in [6.07, 6.45) is 9.40. The van der Waals surface area contributed by atoms with Gasteiger partial charge >= 0.3 is 5.97 Å². The fraction of sp³-hybridized carbons (Fsp3) is 0.300. The Morgan fingerprint density at radius 1 is 1.50 bits per heavy atom. The van der Waals surface area contributed by atoms with E-state index >= 15 is 0 Å². The van der Waals surface area contributed by atoms with Gasteiger partial charge in [-0.05, 0) is 12.0 Å². The van der Waals surface area contributed by atoms with Gasteiger partial charge in [-0.15, -0.1) is 0 Å². The van der Waals surface area contributed by atoms with Crippen LogP contribution in [0.25, 0.3) is 0 Å². The van der Waals surface area contributed by atoms with Crippen molar-refractivity contribution >= 4 is 5.97 Å². The van der Waals surface area contributed by atoms with Gasteiger partial charge in [0.2, 0.25) is 0 Å². The Balaban J connectivity index is 2.80. The number of allylic oxidation sites excluding steroid dienone is 4. The quantitative estimate of drug-likeness (QED) is 0.553. The molecule has 2 nitrogen and oxygen atoms in total. The summed E-state index contributed by atoms with van der Waals surface area (Å²) in [6, 6.07) is 0. The van der Waals surface area contributed by atoms with Gasteiger partial charge in [-0.3, -0.25) is 0 Å². The van der Waals surface area contributed by atoms with Crippen LogP contribution in [0, 0.1) is 5.92 Å². The van der Waals surface area contributed by atoms with Gasteiger partial charge in [-0.1, -0.05) is 31.2 Å². The topological polar surface area (TPSA) is 26.3 Å². The van der Waals surface area contributed by atoms with Gasteiger partial charge in [0, 0.05) is 0 Å². The van der Waals surface area contributed by atoms with Crippen molar-refractivity contribution < 1.29 is 9.53 Å². The minimum Gasteiger partial charge on any atom is -0.465 e. The van der Waals surface area contributed by atoms with E-state index in [9.17, 15) is 4.79 Å². The largest absolute Gasteiger partial charge is 0.465 e. The van der Waals surface area contributed by atoms with Gasteiger partial charge in [0.05, 0.1) is 12.7 Å². The summed E-state index contributed by atoms with van der Waals surface area (Å²) in [7, 11) is 1.38. The molecule has 2 heteroatoms. The number of carbonyl (C=O) groups is 1. The first kappa shape index (κ1) is 8.78. The van der Waals surface area contributed by atoms with Crippen molar-refractivity contribution in [3.8, 4) is 0 Å². The molecule has 1 aliphatic carbocycles. The lowest BCUT2D eigenvalue weighted by molar-refractivity contribution is -0.135. The highest BCUT2D eigenvalue weighted by molar-refractivity contribution is 5.91. The number of rotatable bonds is 1. The van der Waals surface area contributed by atoms with Crippen molar-refractivity contribution in [2.24, 2.45) is 5.92 Å². The third-order valence-electron chi connectivity index (χ3n) is 1.69. The van der Waals surface area contributed by atoms with Gasteiger partial charge in [-0.25, -0.2) is 4.79 Å². The lowest BCUT2D eigenvalue weighted by atomic mass is 10.1. The van der Waals surface area contributed by atoms with Crippen molar-refractivity contribution in [2.45, 2.75) is 6.92 Å². The molecule has 0 N–H and O–H groups in total. The van der Waals surface area contributed by atoms with E-state index in [1.165, 1.54) is 7.11 Å². The molecular formula is C10H12O2. The second-order valence-corrected chi connectivity index (χ2v) is 2.72. The highest BCUT2D eigenvalue weighted by atomic mass is 16.5. The van der Waals surface area contributed by atoms with Gasteiger partial charge in [0.25, 0.3) is 0 Å². The van der Waals surface area contributed by atoms with E-state index in [2.05, 4.69) is 11.7 Å². The summed E-state index contributed by atoms with van der Waals surface area (Å²) < 4.78 is 4.59. The molecule has 0 heterocycles. The summed E-state index contributed by atoms with van der Waals surface area (Å²) in [6.45, 7) is 2.06. The minimum atomic E-state index is -0.287. The van der Waals surface area contributed by atoms with Gasteiger partial charge in [0.1, 0.15) is 0 Å². The van der Waals surface area contributed by atoms with E-state index in [1.807, 2.05) is 18.2 Å². The fourth-order valence-electron chi connectivity index (χ4n) is 0.964. The van der Waals surface area contributed by atoms with Crippen LogP contribution in [0.5, 0.6) is 0 Å². The van der Waals surface area contributed by atoms with Gasteiger partial charge in [0.15, 0.2) is 0 Å². The molecule has 64 valence electrons. The second-order valence-electron chi connectivity index (χ2n) is 2.72. The molecule has 0 saturated heterocycles. The predicted molar refractivity (Wildman–Crippen MR) is 47.5 cm³/mol. The standard InChI is InChI=1S/C10H12O2/c1-8-4-3-5-9(7-6-8)10(11)12-2/h3-8H,1-2H3. The highest BCUT2D eigenvalue weighted by Gasteiger charge is 2.06. The maximum Gasteiger partial charge on any atom is 0.337 e. The van der Waals surface area contributed by atoms with E-state index < -0.39 is 0 Å². The van der Waals surface area contributed by atoms with Crippen molar-refractivity contribution in [3.05, 3.63) is 36.0 Å². The normalized spacial score (nSPS) is 21.5. The van der Waals surface area contributed by atoms with Gasteiger partial charge in [-0.2, -0.15) is 0 Å². The van der Waals surface area contributed by atoms with E-state index in [1.54, 1.807) is 12.2 Å². The van der Waals surface area contributed by atoms with Crippen LogP contribution in [0.4, 0.5) is 0 Å². The third kappa shape index (κ3) is 2.09. The summed E-state index contributed by atoms with van der Waals surface area (Å²) in [4.78, 5) is 11.1. The third-order valence-corrected chi connectivity index (χ3v) is 1.69. The molecule has 0 aromatic carbocycles. The Morgan fingerprint density at radius 2 is 2.25 bits per heavy atom. The second kappa shape index (κ2) is 3.90. The molecule has 0 spiro atoms. The number of methoxy groups -OCH3 is 1. The Hall–Kier alpha value is -1.31. The summed E-state index contributed by atoms with van der Waals surface area (Å²) >= 11 is 0. The van der Waals surface area contributed by atoms with Crippen LogP contribution in [0.3, 0.4) is 0 Å². The van der Waals surface area contributed by atoms with Crippen LogP contribution in [0.2, 0.25) is 0 Å². The van der Waals surface area contributed by atoms with E-state index in [0.717, 1.165) is 0 Å². The molecule has 1 rings (SSSR count). The molecule has 0 aliphatic heterocycles. The Kier molecular flexibility index (Phi) is 2.86. The lowest BCUT2D eigenvalue weighted by Crippen LogP contribution is -2.01. The zero-order valence-electron chi connectivity index (χ0n) is 7.28. The minimum absolute atomic E-state index is 0.287. The van der Waals surface area contributed by atoms with Crippen LogP contribution in [-0.2, 0) is 9.53 Å². The van der Waals surface area contributed by atoms with Crippen LogP contribution in [0.1, 0.15) is 6.92 Å². The van der Waals surface area contributed by atoms with Crippen LogP contribution >= 0.6 is 0 Å². The van der Waals surface area contributed by atoms with Crippen LogP contribution in [-0.4, -0.2) is 13.1 Å². The average molecular weight is 164 g/mol. The molecule has 1 unspecified atom stereocenters. The van der Waals surface area contributed by atoms with E-state index in [0.29, 0.717) is 11.5 Å². The van der Waals surface area contributed by atoms with Crippen LogP contribution in [0.15, 0.2) is 36.0 Å². The summed E-state index contributed by atoms with van der Waals surface area (Å²) in [5.41, 5.74) is 0.595. The first-order chi connectivity index (χ1) is 5.74. The smallest absolute Gasteiger partial charge is 0.337 e. The lowest BCUT2D eigenvalue weighted by Gasteiger charge is -1.97. The van der Waals surface area contributed by atoms with Crippen molar-refractivity contribution in [2.75, 3.05) is 7.11 Å². The fourth-order valence-corrected chi connectivity index (χ4v) is 0.964. The zero-order chi connectivity index (χ0) is 8.97. The SMILES string of the molecule is COC(=O)C1=CC=CC(C)C=C1.